The van der Waals surface area contributed by atoms with Crippen LogP contribution in [0.2, 0.25) is 0 Å². The van der Waals surface area contributed by atoms with E-state index in [1.807, 2.05) is 6.07 Å². The molecule has 3 aliphatic rings. The number of pyridine rings is 1. The Bertz CT molecular complexity index is 914. The van der Waals surface area contributed by atoms with Crippen molar-refractivity contribution in [2.75, 3.05) is 28.2 Å². The van der Waals surface area contributed by atoms with E-state index >= 15 is 0 Å². The summed E-state index contributed by atoms with van der Waals surface area (Å²) in [4.78, 5) is 42.3. The first-order valence-corrected chi connectivity index (χ1v) is 9.85. The highest BCUT2D eigenvalue weighted by atomic mass is 16.2. The van der Waals surface area contributed by atoms with Crippen LogP contribution in [-0.2, 0) is 0 Å². The Morgan fingerprint density at radius 1 is 1.14 bits per heavy atom. The van der Waals surface area contributed by atoms with Crippen LogP contribution in [0, 0.1) is 5.92 Å². The molecule has 8 nitrogen and oxygen atoms in total. The highest BCUT2D eigenvalue weighted by Crippen LogP contribution is 2.39. The Kier molecular flexibility index (Phi) is 4.18. The van der Waals surface area contributed by atoms with Crippen molar-refractivity contribution in [3.63, 3.8) is 0 Å². The molecule has 1 atom stereocenters. The van der Waals surface area contributed by atoms with Gasteiger partial charge in [0.2, 0.25) is 5.95 Å². The zero-order chi connectivity index (χ0) is 19.1. The molecule has 2 amide bonds. The lowest BCUT2D eigenvalue weighted by Crippen LogP contribution is -2.48. The number of nitrogens with one attached hydrogen (secondary N) is 1. The molecular formula is C20H22N6O2. The lowest BCUT2D eigenvalue weighted by atomic mass is 10.1. The summed E-state index contributed by atoms with van der Waals surface area (Å²) in [7, 11) is 0. The number of amides is 2. The van der Waals surface area contributed by atoms with Gasteiger partial charge in [0.15, 0.2) is 11.6 Å². The normalized spacial score (nSPS) is 20.1. The molecule has 0 radical (unpaired) electrons. The predicted octanol–water partition coefficient (Wildman–Crippen LogP) is 2.88. The van der Waals surface area contributed by atoms with E-state index in [-0.39, 0.29) is 23.8 Å². The minimum absolute atomic E-state index is 0.0283. The molecule has 2 aliphatic heterocycles. The molecule has 2 aromatic rings. The Balaban J connectivity index is 1.43. The molecule has 1 saturated carbocycles. The van der Waals surface area contributed by atoms with Crippen LogP contribution in [0.1, 0.15) is 42.6 Å². The maximum atomic E-state index is 13.0. The maximum Gasteiger partial charge on any atom is 0.330 e. The number of aromatic nitrogens is 3. The summed E-state index contributed by atoms with van der Waals surface area (Å²) < 4.78 is 0. The van der Waals surface area contributed by atoms with Gasteiger partial charge < -0.3 is 4.90 Å². The Morgan fingerprint density at radius 3 is 2.75 bits per heavy atom. The minimum Gasteiger partial charge on any atom is -0.366 e. The number of hydrogen-bond acceptors (Lipinski definition) is 6. The summed E-state index contributed by atoms with van der Waals surface area (Å²) in [5, 5.41) is 2.75. The third-order valence-corrected chi connectivity index (χ3v) is 5.72. The van der Waals surface area contributed by atoms with Crippen LogP contribution in [0.4, 0.5) is 22.2 Å². The summed E-state index contributed by atoms with van der Waals surface area (Å²) in [6, 6.07) is 5.13. The summed E-state index contributed by atoms with van der Waals surface area (Å²) in [5.41, 5.74) is 1.34. The molecule has 4 heterocycles. The molecular weight excluding hydrogens is 356 g/mol. The fraction of sp³-hybridized carbons (Fsp3) is 0.450. The zero-order valence-electron chi connectivity index (χ0n) is 15.5. The molecule has 144 valence electrons. The van der Waals surface area contributed by atoms with Crippen molar-refractivity contribution < 1.29 is 9.59 Å². The summed E-state index contributed by atoms with van der Waals surface area (Å²) in [6.07, 6.45) is 7.95. The molecule has 5 rings (SSSR count). The number of carbonyl (C=O) groups is 2. The van der Waals surface area contributed by atoms with Gasteiger partial charge in [0.05, 0.1) is 11.7 Å². The second kappa shape index (κ2) is 6.85. The van der Waals surface area contributed by atoms with Crippen LogP contribution in [-0.4, -0.2) is 45.9 Å². The van der Waals surface area contributed by atoms with Crippen molar-refractivity contribution in [3.8, 4) is 0 Å². The quantitative estimate of drug-likeness (QED) is 0.805. The van der Waals surface area contributed by atoms with Gasteiger partial charge in [-0.3, -0.25) is 15.0 Å². The molecule has 2 fully saturated rings. The van der Waals surface area contributed by atoms with Gasteiger partial charge in [-0.05, 0) is 37.0 Å². The topological polar surface area (TPSA) is 91.3 Å². The fourth-order valence-electron chi connectivity index (χ4n) is 4.02. The molecule has 28 heavy (non-hydrogen) atoms. The van der Waals surface area contributed by atoms with Gasteiger partial charge in [-0.2, -0.15) is 0 Å². The second-order valence-corrected chi connectivity index (χ2v) is 7.71. The van der Waals surface area contributed by atoms with Crippen LogP contribution in [0.25, 0.3) is 0 Å². The van der Waals surface area contributed by atoms with E-state index in [9.17, 15) is 9.59 Å². The van der Waals surface area contributed by atoms with Crippen molar-refractivity contribution in [1.29, 1.82) is 0 Å². The Labute approximate surface area is 163 Å². The van der Waals surface area contributed by atoms with Gasteiger partial charge in [-0.25, -0.2) is 19.7 Å². The van der Waals surface area contributed by atoms with Crippen LogP contribution >= 0.6 is 0 Å². The van der Waals surface area contributed by atoms with Gasteiger partial charge in [0.25, 0.3) is 0 Å². The fourth-order valence-corrected chi connectivity index (χ4v) is 4.02. The molecule has 1 saturated heterocycles. The van der Waals surface area contributed by atoms with Gasteiger partial charge >= 0.3 is 6.03 Å². The van der Waals surface area contributed by atoms with Crippen molar-refractivity contribution in [3.05, 3.63) is 36.3 Å². The van der Waals surface area contributed by atoms with Crippen LogP contribution in [0.5, 0.6) is 0 Å². The predicted molar refractivity (Wildman–Crippen MR) is 105 cm³/mol. The van der Waals surface area contributed by atoms with E-state index in [0.29, 0.717) is 23.9 Å². The third-order valence-electron chi connectivity index (χ3n) is 5.72. The molecule has 1 N–H and O–H groups in total. The summed E-state index contributed by atoms with van der Waals surface area (Å²) >= 11 is 0. The highest BCUT2D eigenvalue weighted by Gasteiger charge is 2.40. The Morgan fingerprint density at radius 2 is 1.96 bits per heavy atom. The molecule has 2 bridgehead atoms. The minimum atomic E-state index is -0.311. The number of carbonyl (C=O) groups excluding carboxylic acids is 2. The average molecular weight is 378 g/mol. The van der Waals surface area contributed by atoms with Gasteiger partial charge in [-0.15, -0.1) is 0 Å². The summed E-state index contributed by atoms with van der Waals surface area (Å²) in [5.74, 6) is 1.57. The largest absolute Gasteiger partial charge is 0.366 e. The number of rotatable bonds is 5. The molecule has 1 aliphatic carbocycles. The second-order valence-electron chi connectivity index (χ2n) is 7.71. The third kappa shape index (κ3) is 3.19. The average Bonchev–Trinajstić information content (AvgIpc) is 3.46. The first-order valence-electron chi connectivity index (χ1n) is 9.85. The molecule has 0 spiro atoms. The first kappa shape index (κ1) is 17.1. The van der Waals surface area contributed by atoms with Crippen LogP contribution in [0.3, 0.4) is 0 Å². The SMILES string of the molecule is O=C(CCC1CC1)c1ccc2c(n1)N(C(=O)Nc1ncccn1)[C@H]1CCN2C1. The standard InChI is InChI=1S/C20H22N6O2/c27-17(7-4-13-2-3-13)15-5-6-16-18(23-15)26(14-8-11-25(16)12-14)20(28)24-19-21-9-1-10-22-19/h1,5-6,9-10,13-14H,2-4,7-8,11-12H2,(H,21,22,24,28)/t14-/m0/s1. The van der Waals surface area contributed by atoms with E-state index in [1.165, 1.54) is 12.8 Å². The lowest BCUT2D eigenvalue weighted by molar-refractivity contribution is 0.0973. The number of anilines is 3. The number of urea groups is 1. The molecule has 8 heteroatoms. The van der Waals surface area contributed by atoms with Crippen LogP contribution < -0.4 is 15.1 Å². The van der Waals surface area contributed by atoms with Gasteiger partial charge in [-0.1, -0.05) is 12.8 Å². The number of ketones is 1. The highest BCUT2D eigenvalue weighted by molar-refractivity contribution is 6.04. The molecule has 2 aromatic heterocycles. The van der Waals surface area contributed by atoms with Crippen LogP contribution in [0.15, 0.2) is 30.6 Å². The number of Topliss-reactive ketones (excluding diaryl/α,β-unsaturated/α-hetero) is 1. The van der Waals surface area contributed by atoms with E-state index in [0.717, 1.165) is 31.6 Å². The monoisotopic (exact) mass is 378 g/mol. The summed E-state index contributed by atoms with van der Waals surface area (Å²) in [6.45, 7) is 1.65. The van der Waals surface area contributed by atoms with Gasteiger partial charge in [0.1, 0.15) is 5.69 Å². The number of hydrogen-bond donors (Lipinski definition) is 1. The van der Waals surface area contributed by atoms with E-state index < -0.39 is 0 Å². The van der Waals surface area contributed by atoms with E-state index in [1.54, 1.807) is 29.4 Å². The van der Waals surface area contributed by atoms with Crippen molar-refractivity contribution in [2.45, 2.75) is 38.1 Å². The molecule has 0 unspecified atom stereocenters. The van der Waals surface area contributed by atoms with E-state index in [4.69, 9.17) is 0 Å². The number of fused-ring (bicyclic) bond motifs is 4. The smallest absolute Gasteiger partial charge is 0.330 e. The maximum absolute atomic E-state index is 13.0. The van der Waals surface area contributed by atoms with Crippen molar-refractivity contribution >= 4 is 29.3 Å². The molecule has 0 aromatic carbocycles. The lowest BCUT2D eigenvalue weighted by Gasteiger charge is -2.35. The Hall–Kier alpha value is -3.03. The zero-order valence-corrected chi connectivity index (χ0v) is 15.5. The number of nitrogens with zero attached hydrogens (tertiary/aromatic N) is 5. The van der Waals surface area contributed by atoms with Gasteiger partial charge in [0, 0.05) is 31.9 Å². The van der Waals surface area contributed by atoms with Crippen molar-refractivity contribution in [1.82, 2.24) is 15.0 Å². The first-order chi connectivity index (χ1) is 13.7. The van der Waals surface area contributed by atoms with Crippen molar-refractivity contribution in [2.24, 2.45) is 5.92 Å². The van der Waals surface area contributed by atoms with E-state index in [2.05, 4.69) is 25.2 Å².